The molecule has 2 amide bonds. The largest absolute Gasteiger partial charge is 0.378 e. The maximum absolute atomic E-state index is 15.8. The number of anilines is 4. The summed E-state index contributed by atoms with van der Waals surface area (Å²) in [5, 5.41) is 6.50. The minimum Gasteiger partial charge on any atom is -0.378 e. The number of carbonyl (C=O) groups is 1. The van der Waals surface area contributed by atoms with Crippen LogP contribution < -0.4 is 21.3 Å². The van der Waals surface area contributed by atoms with E-state index in [-0.39, 0.29) is 17.2 Å². The third-order valence-electron chi connectivity index (χ3n) is 5.41. The lowest BCUT2D eigenvalue weighted by Crippen LogP contribution is -2.36. The third kappa shape index (κ3) is 5.23. The minimum absolute atomic E-state index is 0.0217. The smallest absolute Gasteiger partial charge is 0.323 e. The Morgan fingerprint density at radius 3 is 2.61 bits per heavy atom. The molecule has 1 fully saturated rings. The van der Waals surface area contributed by atoms with Gasteiger partial charge in [0.05, 0.1) is 29.5 Å². The maximum Gasteiger partial charge on any atom is 0.323 e. The van der Waals surface area contributed by atoms with Gasteiger partial charge in [-0.05, 0) is 36.4 Å². The van der Waals surface area contributed by atoms with Gasteiger partial charge in [-0.2, -0.15) is 0 Å². The van der Waals surface area contributed by atoms with Gasteiger partial charge in [0.15, 0.2) is 10.9 Å². The molecular formula is C24H21ClFN7O2S. The highest BCUT2D eigenvalue weighted by Crippen LogP contribution is 2.42. The summed E-state index contributed by atoms with van der Waals surface area (Å²) in [6.45, 7) is 2.52. The number of thiazole rings is 1. The highest BCUT2D eigenvalue weighted by molar-refractivity contribution is 7.19. The van der Waals surface area contributed by atoms with Crippen LogP contribution in [-0.4, -0.2) is 47.3 Å². The number of hydrogen-bond acceptors (Lipinski definition) is 8. The number of nitrogens with zero attached hydrogens (tertiary/aromatic N) is 4. The van der Waals surface area contributed by atoms with Gasteiger partial charge in [-0.25, -0.2) is 24.1 Å². The molecule has 4 N–H and O–H groups in total. The zero-order valence-corrected chi connectivity index (χ0v) is 20.4. The SMILES string of the molecule is Nc1nccc(-c2nc(N3CCOCC3)sc2-c2cccc(NC(=O)Nc3ccc(Cl)cc3)c2F)n1. The van der Waals surface area contributed by atoms with E-state index in [1.807, 2.05) is 0 Å². The number of amides is 2. The molecule has 0 aliphatic carbocycles. The van der Waals surface area contributed by atoms with Gasteiger partial charge in [-0.3, -0.25) is 0 Å². The lowest BCUT2D eigenvalue weighted by Gasteiger charge is -2.26. The summed E-state index contributed by atoms with van der Waals surface area (Å²) in [7, 11) is 0. The Kier molecular flexibility index (Phi) is 6.94. The third-order valence-corrected chi connectivity index (χ3v) is 6.81. The van der Waals surface area contributed by atoms with Crippen LogP contribution in [0.3, 0.4) is 0 Å². The molecule has 0 atom stereocenters. The molecule has 2 aromatic carbocycles. The zero-order valence-electron chi connectivity index (χ0n) is 18.9. The topological polar surface area (TPSA) is 118 Å². The number of rotatable bonds is 5. The number of hydrogen-bond donors (Lipinski definition) is 3. The van der Waals surface area contributed by atoms with Crippen LogP contribution in [0.4, 0.5) is 31.6 Å². The van der Waals surface area contributed by atoms with Crippen LogP contribution in [0.1, 0.15) is 0 Å². The fraction of sp³-hybridized carbons (Fsp3) is 0.167. The van der Waals surface area contributed by atoms with Crippen molar-refractivity contribution < 1.29 is 13.9 Å². The van der Waals surface area contributed by atoms with Gasteiger partial charge >= 0.3 is 6.03 Å². The number of aromatic nitrogens is 3. The molecule has 9 nitrogen and oxygen atoms in total. The highest BCUT2D eigenvalue weighted by Gasteiger charge is 2.24. The van der Waals surface area contributed by atoms with E-state index in [1.165, 1.54) is 23.6 Å². The van der Waals surface area contributed by atoms with Crippen molar-refractivity contribution in [2.75, 3.05) is 47.6 Å². The van der Waals surface area contributed by atoms with Crippen molar-refractivity contribution in [3.05, 3.63) is 65.6 Å². The number of ether oxygens (including phenoxy) is 1. The lowest BCUT2D eigenvalue weighted by molar-refractivity contribution is 0.122. The number of nitrogen functional groups attached to an aromatic ring is 1. The summed E-state index contributed by atoms with van der Waals surface area (Å²) in [5.74, 6) is -0.502. The number of carbonyl (C=O) groups excluding carboxylic acids is 1. The van der Waals surface area contributed by atoms with Crippen LogP contribution in [0.15, 0.2) is 54.7 Å². The Morgan fingerprint density at radius 2 is 1.86 bits per heavy atom. The Hall–Kier alpha value is -3.80. The van der Waals surface area contributed by atoms with Crippen molar-refractivity contribution in [3.8, 4) is 21.8 Å². The van der Waals surface area contributed by atoms with Crippen molar-refractivity contribution in [3.63, 3.8) is 0 Å². The number of halogens is 2. The lowest BCUT2D eigenvalue weighted by atomic mass is 10.1. The molecule has 1 aliphatic heterocycles. The first-order chi connectivity index (χ1) is 17.5. The molecule has 36 heavy (non-hydrogen) atoms. The molecule has 4 aromatic rings. The van der Waals surface area contributed by atoms with Crippen LogP contribution in [-0.2, 0) is 4.74 Å². The predicted octanol–water partition coefficient (Wildman–Crippen LogP) is 5.12. The second-order valence-electron chi connectivity index (χ2n) is 7.83. The Morgan fingerprint density at radius 1 is 1.08 bits per heavy atom. The molecule has 0 saturated carbocycles. The number of nitrogens with two attached hydrogens (primary N) is 1. The average Bonchev–Trinajstić information content (AvgIpc) is 3.33. The van der Waals surface area contributed by atoms with Crippen LogP contribution in [0.2, 0.25) is 5.02 Å². The van der Waals surface area contributed by atoms with Gasteiger partial charge < -0.3 is 26.0 Å². The van der Waals surface area contributed by atoms with Crippen LogP contribution in [0.25, 0.3) is 21.8 Å². The standard InChI is InChI=1S/C24H21ClFN7O2S/c25-14-4-6-15(7-5-14)29-23(34)31-17-3-1-2-16(19(17)26)21-20(18-8-9-28-22(27)30-18)32-24(36-21)33-10-12-35-13-11-33/h1-9H,10-13H2,(H2,27,28,30)(H2,29,31,34). The van der Waals surface area contributed by atoms with Crippen molar-refractivity contribution in [2.24, 2.45) is 0 Å². The summed E-state index contributed by atoms with van der Waals surface area (Å²) >= 11 is 7.23. The van der Waals surface area contributed by atoms with E-state index in [4.69, 9.17) is 27.1 Å². The van der Waals surface area contributed by atoms with Crippen LogP contribution >= 0.6 is 22.9 Å². The normalized spacial score (nSPS) is 13.4. The first kappa shape index (κ1) is 23.9. The van der Waals surface area contributed by atoms with Crippen LogP contribution in [0, 0.1) is 5.82 Å². The van der Waals surface area contributed by atoms with E-state index >= 15 is 4.39 Å². The number of morpholine rings is 1. The molecule has 0 radical (unpaired) electrons. The molecule has 0 unspecified atom stereocenters. The number of urea groups is 1. The summed E-state index contributed by atoms with van der Waals surface area (Å²) in [4.78, 5) is 28.2. The van der Waals surface area contributed by atoms with Crippen molar-refractivity contribution in [1.29, 1.82) is 0 Å². The predicted molar refractivity (Wildman–Crippen MR) is 140 cm³/mol. The van der Waals surface area contributed by atoms with Gasteiger partial charge in [0, 0.05) is 35.6 Å². The maximum atomic E-state index is 15.8. The highest BCUT2D eigenvalue weighted by atomic mass is 35.5. The molecule has 2 aromatic heterocycles. The fourth-order valence-corrected chi connectivity index (χ4v) is 4.95. The summed E-state index contributed by atoms with van der Waals surface area (Å²) in [6, 6.07) is 12.5. The first-order valence-corrected chi connectivity index (χ1v) is 12.2. The Bertz CT molecular complexity index is 1390. The molecule has 12 heteroatoms. The first-order valence-electron chi connectivity index (χ1n) is 11.0. The number of benzene rings is 2. The van der Waals surface area contributed by atoms with E-state index in [9.17, 15) is 4.79 Å². The number of nitrogens with one attached hydrogen (secondary N) is 2. The van der Waals surface area contributed by atoms with Gasteiger partial charge in [0.25, 0.3) is 0 Å². The molecular weight excluding hydrogens is 505 g/mol. The minimum atomic E-state index is -0.593. The van der Waals surface area contributed by atoms with Gasteiger partial charge in [-0.1, -0.05) is 35.1 Å². The van der Waals surface area contributed by atoms with Gasteiger partial charge in [0.1, 0.15) is 5.69 Å². The molecule has 0 bridgehead atoms. The van der Waals surface area contributed by atoms with Gasteiger partial charge in [0.2, 0.25) is 5.95 Å². The van der Waals surface area contributed by atoms with Crippen molar-refractivity contribution >= 4 is 51.4 Å². The second-order valence-corrected chi connectivity index (χ2v) is 9.24. The molecule has 1 saturated heterocycles. The molecule has 0 spiro atoms. The Balaban J connectivity index is 1.49. The summed E-state index contributed by atoms with van der Waals surface area (Å²) in [6.07, 6.45) is 1.53. The molecule has 1 aliphatic rings. The monoisotopic (exact) mass is 525 g/mol. The average molecular weight is 526 g/mol. The fourth-order valence-electron chi connectivity index (χ4n) is 3.68. The summed E-state index contributed by atoms with van der Waals surface area (Å²) < 4.78 is 21.2. The van der Waals surface area contributed by atoms with Crippen molar-refractivity contribution in [2.45, 2.75) is 0 Å². The molecule has 184 valence electrons. The Labute approximate surface area is 215 Å². The van der Waals surface area contributed by atoms with E-state index in [1.54, 1.807) is 42.5 Å². The van der Waals surface area contributed by atoms with Crippen LogP contribution in [0.5, 0.6) is 0 Å². The van der Waals surface area contributed by atoms with E-state index in [0.29, 0.717) is 53.3 Å². The molecule has 5 rings (SSSR count). The quantitative estimate of drug-likeness (QED) is 0.331. The van der Waals surface area contributed by atoms with E-state index in [2.05, 4.69) is 25.5 Å². The summed E-state index contributed by atoms with van der Waals surface area (Å²) in [5.41, 5.74) is 7.59. The zero-order chi connectivity index (χ0) is 25.1. The van der Waals surface area contributed by atoms with E-state index < -0.39 is 11.8 Å². The molecule has 3 heterocycles. The van der Waals surface area contributed by atoms with Crippen molar-refractivity contribution in [1.82, 2.24) is 15.0 Å². The second kappa shape index (κ2) is 10.4. The van der Waals surface area contributed by atoms with Gasteiger partial charge in [-0.15, -0.1) is 0 Å². The van der Waals surface area contributed by atoms with E-state index in [0.717, 1.165) is 5.13 Å².